The maximum atomic E-state index is 9.92. The normalized spacial score (nSPS) is 13.7. The molecule has 2 N–H and O–H groups in total. The van der Waals surface area contributed by atoms with Crippen LogP contribution in [0.1, 0.15) is 5.56 Å². The van der Waals surface area contributed by atoms with Gasteiger partial charge in [-0.15, -0.1) is 11.8 Å². The summed E-state index contributed by atoms with van der Waals surface area (Å²) in [4.78, 5) is 1.15. The van der Waals surface area contributed by atoms with Gasteiger partial charge in [-0.1, -0.05) is 24.3 Å². The Morgan fingerprint density at radius 1 is 1.22 bits per heavy atom. The summed E-state index contributed by atoms with van der Waals surface area (Å²) >= 11 is 1.65. The molecule has 0 fully saturated rings. The minimum absolute atomic E-state index is 0.159. The van der Waals surface area contributed by atoms with Crippen molar-refractivity contribution in [2.24, 2.45) is 0 Å². The van der Waals surface area contributed by atoms with Gasteiger partial charge in [-0.2, -0.15) is 0 Å². The van der Waals surface area contributed by atoms with E-state index >= 15 is 0 Å². The maximum absolute atomic E-state index is 9.92. The number of nitrogens with zero attached hydrogens (tertiary/aromatic N) is 1. The van der Waals surface area contributed by atoms with E-state index < -0.39 is 7.12 Å². The van der Waals surface area contributed by atoms with Gasteiger partial charge in [-0.25, -0.2) is 0 Å². The number of para-hydroxylation sites is 1. The monoisotopic (exact) mass is 325 g/mol. The molecule has 116 valence electrons. The molecule has 3 aromatic rings. The number of aliphatic hydroxyl groups excluding tert-OH is 1. The lowest BCUT2D eigenvalue weighted by Crippen LogP contribution is -2.28. The van der Waals surface area contributed by atoms with Crippen LogP contribution in [0.25, 0.3) is 16.6 Å². The number of aromatic nitrogens is 1. The van der Waals surface area contributed by atoms with E-state index in [1.54, 1.807) is 11.8 Å². The van der Waals surface area contributed by atoms with Gasteiger partial charge in [0.25, 0.3) is 0 Å². The third kappa shape index (κ3) is 2.58. The van der Waals surface area contributed by atoms with Gasteiger partial charge >= 0.3 is 7.12 Å². The Hall–Kier alpha value is -1.73. The van der Waals surface area contributed by atoms with E-state index in [0.717, 1.165) is 27.1 Å². The van der Waals surface area contributed by atoms with E-state index in [2.05, 4.69) is 22.9 Å². The number of fused-ring (bicyclic) bond motifs is 2. The highest BCUT2D eigenvalue weighted by molar-refractivity contribution is 7.99. The number of hydrogen-bond acceptors (Lipinski definition) is 4. The quantitative estimate of drug-likeness (QED) is 0.569. The zero-order valence-corrected chi connectivity index (χ0v) is 13.3. The smallest absolute Gasteiger partial charge is 0.423 e. The summed E-state index contributed by atoms with van der Waals surface area (Å²) in [5.74, 6) is 0.671. The molecule has 0 aliphatic carbocycles. The lowest BCUT2D eigenvalue weighted by Gasteiger charge is -2.07. The van der Waals surface area contributed by atoms with Crippen molar-refractivity contribution >= 4 is 35.2 Å². The molecule has 1 aliphatic rings. The zero-order valence-electron chi connectivity index (χ0n) is 12.5. The van der Waals surface area contributed by atoms with E-state index in [-0.39, 0.29) is 6.61 Å². The average Bonchev–Trinajstić information content (AvgIpc) is 3.14. The molecule has 4 rings (SSSR count). The maximum Gasteiger partial charge on any atom is 0.491 e. The second-order valence-electron chi connectivity index (χ2n) is 5.50. The first-order chi connectivity index (χ1) is 11.3. The summed E-state index contributed by atoms with van der Waals surface area (Å²) in [5, 5.41) is 20.2. The molecule has 2 aromatic carbocycles. The highest BCUT2D eigenvalue weighted by Gasteiger charge is 2.27. The zero-order chi connectivity index (χ0) is 15.8. The van der Waals surface area contributed by atoms with Crippen molar-refractivity contribution in [2.45, 2.75) is 11.5 Å². The van der Waals surface area contributed by atoms with Crippen LogP contribution in [0.5, 0.6) is 0 Å². The summed E-state index contributed by atoms with van der Waals surface area (Å²) in [7, 11) is -0.838. The molecule has 4 nitrogen and oxygen atoms in total. The molecule has 1 aliphatic heterocycles. The van der Waals surface area contributed by atoms with Gasteiger partial charge in [0.1, 0.15) is 0 Å². The van der Waals surface area contributed by atoms with Crippen molar-refractivity contribution in [2.75, 3.05) is 12.4 Å². The first-order valence-electron chi connectivity index (χ1n) is 7.54. The number of rotatable bonds is 4. The van der Waals surface area contributed by atoms with Crippen molar-refractivity contribution in [1.29, 1.82) is 0 Å². The lowest BCUT2D eigenvalue weighted by molar-refractivity contribution is 0.275. The molecule has 6 heteroatoms. The highest BCUT2D eigenvalue weighted by atomic mass is 32.2. The number of hydrogen-bond donors (Lipinski definition) is 2. The second kappa shape index (κ2) is 6.05. The standard InChI is InChI=1S/C17H16BNO3S/c20-7-8-23-17-10-19(16-4-2-1-3-14(16)17)13-6-5-12-11-22-18(21)15(12)9-13/h1-6,9-10,20-21H,7-8,11H2. The molecule has 0 spiro atoms. The molecular formula is C17H16BNO3S. The molecule has 0 bridgehead atoms. The molecule has 0 atom stereocenters. The van der Waals surface area contributed by atoms with Crippen LogP contribution < -0.4 is 5.46 Å². The summed E-state index contributed by atoms with van der Waals surface area (Å²) in [6.45, 7) is 0.618. The van der Waals surface area contributed by atoms with Crippen molar-refractivity contribution < 1.29 is 14.8 Å². The molecule has 0 saturated heterocycles. The fourth-order valence-electron chi connectivity index (χ4n) is 2.98. The number of benzene rings is 2. The highest BCUT2D eigenvalue weighted by Crippen LogP contribution is 2.32. The van der Waals surface area contributed by atoms with Gasteiger partial charge in [0.2, 0.25) is 0 Å². The van der Waals surface area contributed by atoms with Gasteiger partial charge in [-0.05, 0) is 29.2 Å². The summed E-state index contributed by atoms with van der Waals surface area (Å²) in [6.07, 6.45) is 2.09. The predicted octanol–water partition coefficient (Wildman–Crippen LogP) is 1.93. The van der Waals surface area contributed by atoms with Crippen LogP contribution in [0.15, 0.2) is 53.6 Å². The fraction of sp³-hybridized carbons (Fsp3) is 0.176. The van der Waals surface area contributed by atoms with E-state index in [4.69, 9.17) is 9.76 Å². The lowest BCUT2D eigenvalue weighted by atomic mass is 9.79. The Morgan fingerprint density at radius 2 is 2.09 bits per heavy atom. The topological polar surface area (TPSA) is 54.6 Å². The molecule has 0 amide bonds. The predicted molar refractivity (Wildman–Crippen MR) is 93.5 cm³/mol. The Bertz CT molecular complexity index is 864. The molecule has 0 unspecified atom stereocenters. The molecule has 0 saturated carbocycles. The van der Waals surface area contributed by atoms with Crippen molar-refractivity contribution in [3.05, 3.63) is 54.2 Å². The Morgan fingerprint density at radius 3 is 2.96 bits per heavy atom. The largest absolute Gasteiger partial charge is 0.491 e. The molecule has 0 radical (unpaired) electrons. The Labute approximate surface area is 138 Å². The van der Waals surface area contributed by atoms with E-state index in [1.807, 2.05) is 30.3 Å². The van der Waals surface area contributed by atoms with Gasteiger partial charge < -0.3 is 19.4 Å². The number of thioether (sulfide) groups is 1. The first-order valence-corrected chi connectivity index (χ1v) is 8.53. The van der Waals surface area contributed by atoms with E-state index in [9.17, 15) is 5.02 Å². The van der Waals surface area contributed by atoms with Crippen LogP contribution in [0, 0.1) is 0 Å². The van der Waals surface area contributed by atoms with Crippen molar-refractivity contribution in [3.8, 4) is 5.69 Å². The van der Waals surface area contributed by atoms with E-state index in [1.165, 1.54) is 5.39 Å². The molecule has 2 heterocycles. The summed E-state index contributed by atoms with van der Waals surface area (Å²) in [5.41, 5.74) is 3.99. The Balaban J connectivity index is 1.84. The SMILES string of the molecule is OCCSc1cn(-c2ccc3c(c2)B(O)OC3)c2ccccc12. The third-order valence-corrected chi connectivity index (χ3v) is 5.12. The van der Waals surface area contributed by atoms with Crippen LogP contribution in [0.4, 0.5) is 0 Å². The average molecular weight is 325 g/mol. The van der Waals surface area contributed by atoms with Gasteiger partial charge in [0.15, 0.2) is 0 Å². The summed E-state index contributed by atoms with van der Waals surface area (Å²) < 4.78 is 7.40. The third-order valence-electron chi connectivity index (χ3n) is 4.09. The minimum atomic E-state index is -0.838. The first kappa shape index (κ1) is 14.8. The van der Waals surface area contributed by atoms with Crippen LogP contribution >= 0.6 is 11.8 Å². The van der Waals surface area contributed by atoms with Crippen LogP contribution in [0.3, 0.4) is 0 Å². The second-order valence-corrected chi connectivity index (χ2v) is 6.64. The Kier molecular flexibility index (Phi) is 3.91. The molecular weight excluding hydrogens is 309 g/mol. The van der Waals surface area contributed by atoms with Gasteiger partial charge in [0, 0.05) is 27.9 Å². The van der Waals surface area contributed by atoms with E-state index in [0.29, 0.717) is 12.4 Å². The van der Waals surface area contributed by atoms with Crippen LogP contribution in [-0.2, 0) is 11.3 Å². The molecule has 1 aromatic heterocycles. The van der Waals surface area contributed by atoms with Crippen molar-refractivity contribution in [1.82, 2.24) is 4.57 Å². The van der Waals surface area contributed by atoms with Crippen molar-refractivity contribution in [3.63, 3.8) is 0 Å². The van der Waals surface area contributed by atoms with Gasteiger partial charge in [0.05, 0.1) is 18.7 Å². The van der Waals surface area contributed by atoms with Gasteiger partial charge in [-0.3, -0.25) is 0 Å². The minimum Gasteiger partial charge on any atom is -0.423 e. The summed E-state index contributed by atoms with van der Waals surface area (Å²) in [6, 6.07) is 14.3. The number of aliphatic hydroxyl groups is 1. The van der Waals surface area contributed by atoms with Crippen LogP contribution in [0.2, 0.25) is 0 Å². The fourth-order valence-corrected chi connectivity index (χ4v) is 3.80. The molecule has 23 heavy (non-hydrogen) atoms. The van der Waals surface area contributed by atoms with Crippen LogP contribution in [-0.4, -0.2) is 34.2 Å².